The molecule has 126 valence electrons. The summed E-state index contributed by atoms with van der Waals surface area (Å²) in [6, 6.07) is 14.8. The van der Waals surface area contributed by atoms with Gasteiger partial charge in [0, 0.05) is 14.0 Å². The van der Waals surface area contributed by atoms with Gasteiger partial charge in [-0.15, -0.1) is 0 Å². The number of amidine groups is 1. The molecule has 2 N–H and O–H groups in total. The van der Waals surface area contributed by atoms with Gasteiger partial charge in [0.1, 0.15) is 0 Å². The van der Waals surface area contributed by atoms with Crippen molar-refractivity contribution in [3.05, 3.63) is 57.1 Å². The van der Waals surface area contributed by atoms with Crippen molar-refractivity contribution >= 4 is 57.2 Å². The lowest BCUT2D eigenvalue weighted by molar-refractivity contribution is -0.119. The normalized spacial score (nSPS) is 12.0. The van der Waals surface area contributed by atoms with Crippen molar-refractivity contribution in [2.75, 3.05) is 5.43 Å². The zero-order chi connectivity index (χ0) is 17.7. The third-order valence-corrected chi connectivity index (χ3v) is 4.10. The number of rotatable bonds is 4. The van der Waals surface area contributed by atoms with Gasteiger partial charge in [0.2, 0.25) is 5.78 Å². The predicted molar refractivity (Wildman–Crippen MR) is 109 cm³/mol. The minimum atomic E-state index is -0.545. The van der Waals surface area contributed by atoms with E-state index >= 15 is 0 Å². The van der Waals surface area contributed by atoms with Crippen LogP contribution in [-0.4, -0.2) is 11.6 Å². The molecule has 0 saturated carbocycles. The van der Waals surface area contributed by atoms with Crippen molar-refractivity contribution in [3.63, 3.8) is 0 Å². The number of nitrogens with zero attached hydrogens (tertiary/aromatic N) is 1. The van der Waals surface area contributed by atoms with Crippen molar-refractivity contribution in [1.82, 2.24) is 5.43 Å². The van der Waals surface area contributed by atoms with Crippen LogP contribution in [0.1, 0.15) is 20.8 Å². The highest BCUT2D eigenvalue weighted by molar-refractivity contribution is 14.1. The van der Waals surface area contributed by atoms with Crippen LogP contribution < -0.4 is 10.9 Å². The Morgan fingerprint density at radius 1 is 1.04 bits per heavy atom. The van der Waals surface area contributed by atoms with E-state index in [1.165, 1.54) is 0 Å². The second-order valence-corrected chi connectivity index (χ2v) is 7.95. The molecule has 0 unspecified atom stereocenters. The van der Waals surface area contributed by atoms with Gasteiger partial charge >= 0.3 is 0 Å². The highest BCUT2D eigenvalue weighted by Crippen LogP contribution is 2.19. The van der Waals surface area contributed by atoms with Crippen LogP contribution in [0.3, 0.4) is 0 Å². The van der Waals surface area contributed by atoms with Gasteiger partial charge in [-0.3, -0.25) is 15.6 Å². The number of benzene rings is 2. The average Bonchev–Trinajstić information content (AvgIpc) is 2.53. The van der Waals surface area contributed by atoms with Crippen molar-refractivity contribution in [1.29, 1.82) is 0 Å². The lowest BCUT2D eigenvalue weighted by atomic mass is 9.90. The second kappa shape index (κ2) is 7.98. The molecule has 6 heteroatoms. The first-order chi connectivity index (χ1) is 11.3. The van der Waals surface area contributed by atoms with Crippen LogP contribution in [0.5, 0.6) is 0 Å². The van der Waals surface area contributed by atoms with Gasteiger partial charge in [-0.25, -0.2) is 4.99 Å². The average molecular weight is 456 g/mol. The van der Waals surface area contributed by atoms with Crippen molar-refractivity contribution < 1.29 is 4.79 Å². The Kier molecular flexibility index (Phi) is 6.23. The number of Topliss-reactive ketones (excluding diaryl/α,β-unsaturated/α-hetero) is 1. The van der Waals surface area contributed by atoms with E-state index in [4.69, 9.17) is 11.6 Å². The molecule has 0 aromatic heterocycles. The molecule has 0 fully saturated rings. The van der Waals surface area contributed by atoms with E-state index in [0.29, 0.717) is 10.7 Å². The molecule has 0 aliphatic carbocycles. The minimum absolute atomic E-state index is 0.0810. The second-order valence-electron chi connectivity index (χ2n) is 6.27. The number of aliphatic imine (C=N–C) groups is 1. The van der Waals surface area contributed by atoms with Gasteiger partial charge in [-0.1, -0.05) is 32.4 Å². The Bertz CT molecular complexity index is 734. The molecule has 0 radical (unpaired) electrons. The van der Waals surface area contributed by atoms with E-state index in [-0.39, 0.29) is 11.6 Å². The maximum Gasteiger partial charge on any atom is 0.204 e. The molecule has 0 bridgehead atoms. The highest BCUT2D eigenvalue weighted by Gasteiger charge is 2.26. The Labute approximate surface area is 160 Å². The molecule has 24 heavy (non-hydrogen) atoms. The van der Waals surface area contributed by atoms with E-state index < -0.39 is 5.41 Å². The quantitative estimate of drug-likeness (QED) is 0.288. The topological polar surface area (TPSA) is 53.5 Å². The first-order valence-electron chi connectivity index (χ1n) is 7.42. The van der Waals surface area contributed by atoms with E-state index in [9.17, 15) is 4.79 Å². The van der Waals surface area contributed by atoms with Crippen LogP contribution in [0.25, 0.3) is 0 Å². The van der Waals surface area contributed by atoms with Crippen molar-refractivity contribution in [2.24, 2.45) is 10.4 Å². The van der Waals surface area contributed by atoms with Crippen LogP contribution in [0.15, 0.2) is 53.5 Å². The van der Waals surface area contributed by atoms with Crippen LogP contribution >= 0.6 is 34.2 Å². The number of hydrogen-bond acceptors (Lipinski definition) is 3. The summed E-state index contributed by atoms with van der Waals surface area (Å²) >= 11 is 8.11. The maximum atomic E-state index is 12.7. The summed E-state index contributed by atoms with van der Waals surface area (Å²) in [6.07, 6.45) is 0. The van der Waals surface area contributed by atoms with Gasteiger partial charge in [-0.2, -0.15) is 0 Å². The largest absolute Gasteiger partial charge is 0.300 e. The Morgan fingerprint density at radius 3 is 2.17 bits per heavy atom. The fraction of sp³-hybridized carbons (Fsp3) is 0.222. The summed E-state index contributed by atoms with van der Waals surface area (Å²) in [5, 5.41) is 0.652. The van der Waals surface area contributed by atoms with E-state index in [1.807, 2.05) is 57.2 Å². The van der Waals surface area contributed by atoms with Crippen LogP contribution in [0, 0.1) is 8.99 Å². The van der Waals surface area contributed by atoms with Crippen LogP contribution in [0.2, 0.25) is 5.02 Å². The Hall–Kier alpha value is -1.60. The fourth-order valence-electron chi connectivity index (χ4n) is 1.80. The molecule has 0 aliphatic heterocycles. The highest BCUT2D eigenvalue weighted by atomic mass is 127. The number of ketones is 1. The molecule has 0 spiro atoms. The summed E-state index contributed by atoms with van der Waals surface area (Å²) in [6.45, 7) is 5.59. The van der Waals surface area contributed by atoms with E-state index in [1.54, 1.807) is 12.1 Å². The fourth-order valence-corrected chi connectivity index (χ4v) is 2.29. The molecule has 0 heterocycles. The standard InChI is InChI=1S/C18H19ClIN3O/c1-18(2,3)16(24)17(21-14-10-6-13(20)7-11-14)23-22-15-8-4-12(19)5-9-15/h4-11,22H,1-3H3,(H,21,23). The smallest absolute Gasteiger partial charge is 0.204 e. The van der Waals surface area contributed by atoms with Crippen molar-refractivity contribution in [2.45, 2.75) is 20.8 Å². The number of anilines is 1. The lowest BCUT2D eigenvalue weighted by Crippen LogP contribution is -2.41. The molecule has 0 atom stereocenters. The molecule has 0 aliphatic rings. The molecule has 0 saturated heterocycles. The van der Waals surface area contributed by atoms with Crippen LogP contribution in [0.4, 0.5) is 11.4 Å². The van der Waals surface area contributed by atoms with Gasteiger partial charge in [0.25, 0.3) is 0 Å². The van der Waals surface area contributed by atoms with Crippen LogP contribution in [-0.2, 0) is 4.79 Å². The SMILES string of the molecule is CC(C)(C)C(=O)C(=Nc1ccc(I)cc1)NNc1ccc(Cl)cc1. The number of hydrogen-bond donors (Lipinski definition) is 2. The Morgan fingerprint density at radius 2 is 1.62 bits per heavy atom. The lowest BCUT2D eigenvalue weighted by Gasteiger charge is -2.19. The monoisotopic (exact) mass is 455 g/mol. The molecule has 2 aromatic rings. The zero-order valence-corrected chi connectivity index (χ0v) is 16.6. The molecule has 2 aromatic carbocycles. The summed E-state index contributed by atoms with van der Waals surface area (Å²) in [4.78, 5) is 17.1. The first-order valence-corrected chi connectivity index (χ1v) is 8.88. The summed E-state index contributed by atoms with van der Waals surface area (Å²) in [7, 11) is 0. The van der Waals surface area contributed by atoms with E-state index in [0.717, 1.165) is 9.26 Å². The van der Waals surface area contributed by atoms with Gasteiger partial charge < -0.3 is 0 Å². The van der Waals surface area contributed by atoms with E-state index in [2.05, 4.69) is 38.4 Å². The number of nitrogens with one attached hydrogen (secondary N) is 2. The number of hydrazine groups is 1. The molecule has 4 nitrogen and oxygen atoms in total. The predicted octanol–water partition coefficient (Wildman–Crippen LogP) is 5.21. The zero-order valence-electron chi connectivity index (χ0n) is 13.7. The van der Waals surface area contributed by atoms with Gasteiger partial charge in [0.15, 0.2) is 5.84 Å². The van der Waals surface area contributed by atoms with Crippen molar-refractivity contribution in [3.8, 4) is 0 Å². The number of carbonyl (C=O) groups excluding carboxylic acids is 1. The third kappa shape index (κ3) is 5.49. The molecule has 2 rings (SSSR count). The molecular formula is C18H19ClIN3O. The third-order valence-electron chi connectivity index (χ3n) is 3.13. The first kappa shape index (κ1) is 18.7. The number of halogens is 2. The number of carbonyl (C=O) groups is 1. The molecular weight excluding hydrogens is 437 g/mol. The Balaban J connectivity index is 2.24. The maximum absolute atomic E-state index is 12.7. The summed E-state index contributed by atoms with van der Waals surface area (Å²) < 4.78 is 1.11. The van der Waals surface area contributed by atoms with Gasteiger partial charge in [0.05, 0.1) is 11.4 Å². The summed E-state index contributed by atoms with van der Waals surface area (Å²) in [5.74, 6) is 0.182. The minimum Gasteiger partial charge on any atom is -0.300 e. The molecule has 0 amide bonds. The summed E-state index contributed by atoms with van der Waals surface area (Å²) in [5.41, 5.74) is 6.88. The van der Waals surface area contributed by atoms with Gasteiger partial charge in [-0.05, 0) is 71.1 Å².